The van der Waals surface area contributed by atoms with E-state index < -0.39 is 12.1 Å². The first-order chi connectivity index (χ1) is 7.24. The van der Waals surface area contributed by atoms with Gasteiger partial charge in [0.25, 0.3) is 0 Å². The van der Waals surface area contributed by atoms with Crippen molar-refractivity contribution in [2.75, 3.05) is 6.61 Å². The number of hydrazine groups is 1. The third kappa shape index (κ3) is 1.64. The van der Waals surface area contributed by atoms with Gasteiger partial charge >= 0.3 is 5.97 Å². The predicted octanol–water partition coefficient (Wildman–Crippen LogP) is -0.536. The molecule has 0 aromatic heterocycles. The van der Waals surface area contributed by atoms with Gasteiger partial charge in [-0.2, -0.15) is 0 Å². The number of hydrogen-bond acceptors (Lipinski definition) is 6. The van der Waals surface area contributed by atoms with Crippen LogP contribution in [0.4, 0.5) is 0 Å². The number of esters is 1. The van der Waals surface area contributed by atoms with Crippen molar-refractivity contribution in [3.8, 4) is 0 Å². The lowest BCUT2D eigenvalue weighted by Crippen LogP contribution is -2.41. The Kier molecular flexibility index (Phi) is 2.53. The molecule has 1 unspecified atom stereocenters. The van der Waals surface area contributed by atoms with Crippen LogP contribution >= 0.6 is 0 Å². The quantitative estimate of drug-likeness (QED) is 0.596. The molecule has 0 aliphatic carbocycles. The summed E-state index contributed by atoms with van der Waals surface area (Å²) in [6.07, 6.45) is 4.52. The molecule has 6 heteroatoms. The van der Waals surface area contributed by atoms with Gasteiger partial charge in [-0.3, -0.25) is 5.01 Å². The van der Waals surface area contributed by atoms with Crippen molar-refractivity contribution >= 4 is 12.2 Å². The van der Waals surface area contributed by atoms with Gasteiger partial charge in [0.1, 0.15) is 11.7 Å². The molecule has 15 heavy (non-hydrogen) atoms. The highest BCUT2D eigenvalue weighted by molar-refractivity contribution is 5.92. The van der Waals surface area contributed by atoms with Gasteiger partial charge in [0.05, 0.1) is 6.61 Å². The number of rotatable bonds is 2. The number of nitrogens with zero attached hydrogens (tertiary/aromatic N) is 2. The fourth-order valence-corrected chi connectivity index (χ4v) is 1.46. The zero-order valence-electron chi connectivity index (χ0n) is 8.30. The van der Waals surface area contributed by atoms with Crippen molar-refractivity contribution in [3.63, 3.8) is 0 Å². The summed E-state index contributed by atoms with van der Waals surface area (Å²) < 4.78 is 4.90. The number of nitrogens with one attached hydrogen (secondary N) is 1. The first kappa shape index (κ1) is 9.88. The smallest absolute Gasteiger partial charge is 0.340 e. The highest BCUT2D eigenvalue weighted by atomic mass is 16.5. The van der Waals surface area contributed by atoms with E-state index in [9.17, 15) is 4.79 Å². The van der Waals surface area contributed by atoms with Crippen molar-refractivity contribution in [1.82, 2.24) is 10.4 Å². The second-order valence-corrected chi connectivity index (χ2v) is 3.05. The van der Waals surface area contributed by atoms with E-state index in [2.05, 4.69) is 10.4 Å². The molecule has 2 aliphatic rings. The van der Waals surface area contributed by atoms with Crippen LogP contribution < -0.4 is 11.2 Å². The topological polar surface area (TPSA) is 80.0 Å². The average molecular weight is 208 g/mol. The van der Waals surface area contributed by atoms with E-state index in [1.807, 2.05) is 0 Å². The summed E-state index contributed by atoms with van der Waals surface area (Å²) in [6, 6.07) is 0. The number of ether oxygens (including phenoxy) is 1. The fourth-order valence-electron chi connectivity index (χ4n) is 1.46. The number of hydrogen-bond donors (Lipinski definition) is 2. The first-order valence-corrected chi connectivity index (χ1v) is 4.67. The van der Waals surface area contributed by atoms with Gasteiger partial charge in [0, 0.05) is 12.4 Å². The highest BCUT2D eigenvalue weighted by Gasteiger charge is 2.33. The Balaban J connectivity index is 2.31. The molecule has 6 nitrogen and oxygen atoms in total. The largest absolute Gasteiger partial charge is 0.462 e. The summed E-state index contributed by atoms with van der Waals surface area (Å²) >= 11 is 0. The Bertz CT molecular complexity index is 372. The SMILES string of the molecule is CCOC(=O)C1=C2N=CC=CN2NC1N. The number of aliphatic imine (C=N–C) groups is 1. The van der Waals surface area contributed by atoms with Crippen molar-refractivity contribution in [2.24, 2.45) is 10.7 Å². The molecule has 80 valence electrons. The highest BCUT2D eigenvalue weighted by Crippen LogP contribution is 2.22. The summed E-state index contributed by atoms with van der Waals surface area (Å²) in [7, 11) is 0. The molecule has 0 amide bonds. The molecule has 0 saturated carbocycles. The molecule has 0 radical (unpaired) electrons. The van der Waals surface area contributed by atoms with Crippen molar-refractivity contribution in [2.45, 2.75) is 13.1 Å². The monoisotopic (exact) mass is 208 g/mol. The van der Waals surface area contributed by atoms with Gasteiger partial charge in [-0.1, -0.05) is 0 Å². The van der Waals surface area contributed by atoms with E-state index in [-0.39, 0.29) is 0 Å². The Morgan fingerprint density at radius 2 is 2.60 bits per heavy atom. The molecule has 2 heterocycles. The number of allylic oxidation sites excluding steroid dienone is 1. The van der Waals surface area contributed by atoms with Crippen LogP contribution in [0.2, 0.25) is 0 Å². The normalized spacial score (nSPS) is 23.3. The fraction of sp³-hybridized carbons (Fsp3) is 0.333. The Labute approximate surface area is 87.1 Å². The second kappa shape index (κ2) is 3.84. The second-order valence-electron chi connectivity index (χ2n) is 3.05. The van der Waals surface area contributed by atoms with Gasteiger partial charge in [0.15, 0.2) is 5.82 Å². The molecule has 2 rings (SSSR count). The summed E-state index contributed by atoms with van der Waals surface area (Å²) in [6.45, 7) is 2.07. The Morgan fingerprint density at radius 3 is 3.33 bits per heavy atom. The maximum Gasteiger partial charge on any atom is 0.340 e. The maximum atomic E-state index is 11.6. The Morgan fingerprint density at radius 1 is 1.80 bits per heavy atom. The van der Waals surface area contributed by atoms with Crippen LogP contribution in [0.1, 0.15) is 6.92 Å². The molecular formula is C9H12N4O2. The van der Waals surface area contributed by atoms with Crippen molar-refractivity contribution in [3.05, 3.63) is 23.7 Å². The van der Waals surface area contributed by atoms with E-state index in [1.54, 1.807) is 30.4 Å². The number of fused-ring (bicyclic) bond motifs is 1. The van der Waals surface area contributed by atoms with Crippen LogP contribution in [0.25, 0.3) is 0 Å². The van der Waals surface area contributed by atoms with Gasteiger partial charge in [-0.25, -0.2) is 15.2 Å². The molecule has 0 aromatic rings. The lowest BCUT2D eigenvalue weighted by molar-refractivity contribution is -0.138. The third-order valence-electron chi connectivity index (χ3n) is 2.07. The molecule has 2 aliphatic heterocycles. The molecule has 0 spiro atoms. The molecule has 0 aromatic carbocycles. The number of carbonyl (C=O) groups excluding carboxylic acids is 1. The van der Waals surface area contributed by atoms with Gasteiger partial charge in [-0.15, -0.1) is 0 Å². The average Bonchev–Trinajstić information content (AvgIpc) is 2.54. The number of carbonyl (C=O) groups is 1. The van der Waals surface area contributed by atoms with Gasteiger partial charge in [-0.05, 0) is 13.0 Å². The molecule has 1 atom stereocenters. The van der Waals surface area contributed by atoms with E-state index in [4.69, 9.17) is 10.5 Å². The number of nitrogens with two attached hydrogens (primary N) is 1. The van der Waals surface area contributed by atoms with E-state index >= 15 is 0 Å². The van der Waals surface area contributed by atoms with E-state index in [1.165, 1.54) is 0 Å². The predicted molar refractivity (Wildman–Crippen MR) is 54.2 cm³/mol. The summed E-state index contributed by atoms with van der Waals surface area (Å²) in [5, 5.41) is 1.61. The minimum atomic E-state index is -0.570. The molecular weight excluding hydrogens is 196 g/mol. The first-order valence-electron chi connectivity index (χ1n) is 4.67. The standard InChI is InChI=1S/C9H12N4O2/c1-2-15-9(14)6-7(10)12-13-5-3-4-11-8(6)13/h3-5,7,12H,2,10H2,1H3. The van der Waals surface area contributed by atoms with Crippen molar-refractivity contribution in [1.29, 1.82) is 0 Å². The molecule has 0 bridgehead atoms. The van der Waals surface area contributed by atoms with Crippen LogP contribution in [0.15, 0.2) is 28.7 Å². The minimum absolute atomic E-state index is 0.321. The van der Waals surface area contributed by atoms with E-state index in [0.717, 1.165) is 0 Å². The van der Waals surface area contributed by atoms with Crippen LogP contribution in [0.5, 0.6) is 0 Å². The van der Waals surface area contributed by atoms with Crippen LogP contribution in [-0.2, 0) is 9.53 Å². The molecule has 3 N–H and O–H groups in total. The minimum Gasteiger partial charge on any atom is -0.462 e. The molecule has 0 fully saturated rings. The summed E-state index contributed by atoms with van der Waals surface area (Å²) in [4.78, 5) is 15.7. The lowest BCUT2D eigenvalue weighted by Gasteiger charge is -2.16. The molecule has 0 saturated heterocycles. The Hall–Kier alpha value is -1.66. The summed E-state index contributed by atoms with van der Waals surface area (Å²) in [5.74, 6) is 0.0749. The summed E-state index contributed by atoms with van der Waals surface area (Å²) in [5.41, 5.74) is 8.99. The maximum absolute atomic E-state index is 11.6. The van der Waals surface area contributed by atoms with Crippen LogP contribution in [0.3, 0.4) is 0 Å². The lowest BCUT2D eigenvalue weighted by atomic mass is 10.2. The third-order valence-corrected chi connectivity index (χ3v) is 2.07. The van der Waals surface area contributed by atoms with Gasteiger partial charge < -0.3 is 10.5 Å². The van der Waals surface area contributed by atoms with Gasteiger partial charge in [0.2, 0.25) is 0 Å². The zero-order chi connectivity index (χ0) is 10.8. The zero-order valence-corrected chi connectivity index (χ0v) is 8.30. The van der Waals surface area contributed by atoms with Crippen LogP contribution in [0, 0.1) is 0 Å². The van der Waals surface area contributed by atoms with Crippen molar-refractivity contribution < 1.29 is 9.53 Å². The van der Waals surface area contributed by atoms with E-state index in [0.29, 0.717) is 18.0 Å². The van der Waals surface area contributed by atoms with Crippen LogP contribution in [-0.4, -0.2) is 30.0 Å².